The molecular weight excluding hydrogens is 264 g/mol. The first-order chi connectivity index (χ1) is 10.1. The average molecular weight is 294 g/mol. The van der Waals surface area contributed by atoms with Crippen LogP contribution in [-0.2, 0) is 9.59 Å². The lowest BCUT2D eigenvalue weighted by Crippen LogP contribution is -2.39. The van der Waals surface area contributed by atoms with E-state index < -0.39 is 0 Å². The highest BCUT2D eigenvalue weighted by atomic mass is 16.2. The van der Waals surface area contributed by atoms with Crippen LogP contribution in [0.2, 0.25) is 0 Å². The number of likely N-dealkylation sites (tertiary alicyclic amines) is 1. The van der Waals surface area contributed by atoms with Gasteiger partial charge in [-0.1, -0.05) is 39.5 Å². The predicted octanol–water partition coefficient (Wildman–Crippen LogP) is 2.72. The third kappa shape index (κ3) is 5.01. The van der Waals surface area contributed by atoms with E-state index in [9.17, 15) is 9.59 Å². The van der Waals surface area contributed by atoms with Gasteiger partial charge in [-0.25, -0.2) is 0 Å². The molecule has 2 rings (SSSR count). The molecule has 0 aromatic carbocycles. The van der Waals surface area contributed by atoms with Gasteiger partial charge in [0.05, 0.1) is 5.92 Å². The van der Waals surface area contributed by atoms with Gasteiger partial charge in [0.2, 0.25) is 11.8 Å². The van der Waals surface area contributed by atoms with Gasteiger partial charge in [-0.15, -0.1) is 0 Å². The number of amides is 2. The molecule has 4 heteroatoms. The normalized spacial score (nSPS) is 24.4. The Bertz CT molecular complexity index is 360. The molecule has 1 heterocycles. The minimum atomic E-state index is -0.132. The van der Waals surface area contributed by atoms with Gasteiger partial charge in [-0.2, -0.15) is 0 Å². The number of hydrogen-bond donors (Lipinski definition) is 1. The van der Waals surface area contributed by atoms with E-state index >= 15 is 0 Å². The molecule has 0 aromatic heterocycles. The van der Waals surface area contributed by atoms with Crippen LogP contribution in [0.5, 0.6) is 0 Å². The molecule has 0 spiro atoms. The first kappa shape index (κ1) is 16.3. The number of rotatable bonds is 5. The van der Waals surface area contributed by atoms with Crippen molar-refractivity contribution in [3.05, 3.63) is 0 Å². The van der Waals surface area contributed by atoms with Crippen molar-refractivity contribution in [3.8, 4) is 0 Å². The number of carbonyl (C=O) groups excluding carboxylic acids is 2. The molecule has 0 unspecified atom stereocenters. The maximum atomic E-state index is 12.4. The standard InChI is InChI=1S/C17H30N2O2/c1-13(2)9-10-19-12-14(11-16(19)20)17(21)18-15-7-5-3-4-6-8-15/h13-15H,3-12H2,1-2H3,(H,18,21)/t14-/m0/s1. The van der Waals surface area contributed by atoms with Crippen molar-refractivity contribution in [2.45, 2.75) is 71.3 Å². The highest BCUT2D eigenvalue weighted by Gasteiger charge is 2.34. The Balaban J connectivity index is 1.79. The van der Waals surface area contributed by atoms with Gasteiger partial charge >= 0.3 is 0 Å². The molecule has 0 bridgehead atoms. The fourth-order valence-corrected chi connectivity index (χ4v) is 3.32. The van der Waals surface area contributed by atoms with Crippen molar-refractivity contribution in [3.63, 3.8) is 0 Å². The zero-order valence-corrected chi connectivity index (χ0v) is 13.6. The number of carbonyl (C=O) groups is 2. The molecule has 2 aliphatic rings. The predicted molar refractivity (Wildman–Crippen MR) is 83.8 cm³/mol. The van der Waals surface area contributed by atoms with Crippen molar-refractivity contribution in [1.29, 1.82) is 0 Å². The van der Waals surface area contributed by atoms with Crippen LogP contribution < -0.4 is 5.32 Å². The summed E-state index contributed by atoms with van der Waals surface area (Å²) in [5.41, 5.74) is 0. The molecule has 1 aliphatic carbocycles. The minimum Gasteiger partial charge on any atom is -0.353 e. The molecule has 4 nitrogen and oxygen atoms in total. The summed E-state index contributed by atoms with van der Waals surface area (Å²) in [6.07, 6.45) is 8.63. The summed E-state index contributed by atoms with van der Waals surface area (Å²) in [5, 5.41) is 3.19. The van der Waals surface area contributed by atoms with Crippen LogP contribution in [0, 0.1) is 11.8 Å². The van der Waals surface area contributed by atoms with Gasteiger partial charge in [0.15, 0.2) is 0 Å². The Morgan fingerprint density at radius 2 is 1.90 bits per heavy atom. The summed E-state index contributed by atoms with van der Waals surface area (Å²) >= 11 is 0. The third-order valence-electron chi connectivity index (χ3n) is 4.76. The SMILES string of the molecule is CC(C)CCN1C[C@@H](C(=O)NC2CCCCCC2)CC1=O. The zero-order chi connectivity index (χ0) is 15.2. The van der Waals surface area contributed by atoms with Crippen LogP contribution in [0.15, 0.2) is 0 Å². The van der Waals surface area contributed by atoms with Gasteiger partial charge in [0.25, 0.3) is 0 Å². The fourth-order valence-electron chi connectivity index (χ4n) is 3.32. The lowest BCUT2D eigenvalue weighted by atomic mass is 10.0. The summed E-state index contributed by atoms with van der Waals surface area (Å²) in [7, 11) is 0. The summed E-state index contributed by atoms with van der Waals surface area (Å²) in [4.78, 5) is 26.2. The first-order valence-electron chi connectivity index (χ1n) is 8.64. The van der Waals surface area contributed by atoms with Crippen molar-refractivity contribution in [2.75, 3.05) is 13.1 Å². The van der Waals surface area contributed by atoms with Crippen molar-refractivity contribution in [1.82, 2.24) is 10.2 Å². The number of nitrogens with one attached hydrogen (secondary N) is 1. The van der Waals surface area contributed by atoms with Crippen LogP contribution in [0.3, 0.4) is 0 Å². The van der Waals surface area contributed by atoms with Crippen LogP contribution in [0.4, 0.5) is 0 Å². The van der Waals surface area contributed by atoms with E-state index in [4.69, 9.17) is 0 Å². The van der Waals surface area contributed by atoms with E-state index in [2.05, 4.69) is 19.2 Å². The molecule has 0 radical (unpaired) electrons. The average Bonchev–Trinajstić information content (AvgIpc) is 2.63. The Morgan fingerprint density at radius 3 is 2.52 bits per heavy atom. The largest absolute Gasteiger partial charge is 0.353 e. The molecule has 2 amide bonds. The highest BCUT2D eigenvalue weighted by molar-refractivity contribution is 5.89. The molecule has 1 saturated carbocycles. The minimum absolute atomic E-state index is 0.0993. The second kappa shape index (κ2) is 7.81. The molecule has 21 heavy (non-hydrogen) atoms. The zero-order valence-electron chi connectivity index (χ0n) is 13.6. The molecular formula is C17H30N2O2. The van der Waals surface area contributed by atoms with E-state index in [1.54, 1.807) is 0 Å². The molecule has 120 valence electrons. The second-order valence-corrected chi connectivity index (χ2v) is 7.12. The maximum absolute atomic E-state index is 12.4. The summed E-state index contributed by atoms with van der Waals surface area (Å²) in [6.45, 7) is 5.74. The third-order valence-corrected chi connectivity index (χ3v) is 4.76. The highest BCUT2D eigenvalue weighted by Crippen LogP contribution is 2.21. The van der Waals surface area contributed by atoms with E-state index in [1.807, 2.05) is 4.90 Å². The Kier molecular flexibility index (Phi) is 6.07. The van der Waals surface area contributed by atoms with Gasteiger partial charge in [-0.05, 0) is 25.2 Å². The first-order valence-corrected chi connectivity index (χ1v) is 8.64. The monoisotopic (exact) mass is 294 g/mol. The molecule has 1 saturated heterocycles. The molecule has 0 aromatic rings. The van der Waals surface area contributed by atoms with E-state index in [0.717, 1.165) is 25.8 Å². The summed E-state index contributed by atoms with van der Waals surface area (Å²) < 4.78 is 0. The van der Waals surface area contributed by atoms with Gasteiger partial charge < -0.3 is 10.2 Å². The fraction of sp³-hybridized carbons (Fsp3) is 0.882. The topological polar surface area (TPSA) is 49.4 Å². The lowest BCUT2D eigenvalue weighted by molar-refractivity contribution is -0.129. The van der Waals surface area contributed by atoms with Crippen LogP contribution in [0.25, 0.3) is 0 Å². The Hall–Kier alpha value is -1.06. The van der Waals surface area contributed by atoms with E-state index in [1.165, 1.54) is 25.7 Å². The van der Waals surface area contributed by atoms with Crippen molar-refractivity contribution >= 4 is 11.8 Å². The summed E-state index contributed by atoms with van der Waals surface area (Å²) in [6, 6.07) is 0.333. The molecule has 1 aliphatic heterocycles. The van der Waals surface area contributed by atoms with E-state index in [0.29, 0.717) is 24.9 Å². The van der Waals surface area contributed by atoms with Gasteiger partial charge in [0, 0.05) is 25.6 Å². The van der Waals surface area contributed by atoms with Gasteiger partial charge in [-0.3, -0.25) is 9.59 Å². The van der Waals surface area contributed by atoms with Crippen LogP contribution in [0.1, 0.15) is 65.2 Å². The van der Waals surface area contributed by atoms with E-state index in [-0.39, 0.29) is 17.7 Å². The smallest absolute Gasteiger partial charge is 0.225 e. The lowest BCUT2D eigenvalue weighted by Gasteiger charge is -2.20. The number of hydrogen-bond acceptors (Lipinski definition) is 2. The summed E-state index contributed by atoms with van der Waals surface area (Å²) in [5.74, 6) is 0.712. The second-order valence-electron chi connectivity index (χ2n) is 7.12. The van der Waals surface area contributed by atoms with Crippen LogP contribution in [-0.4, -0.2) is 35.8 Å². The van der Waals surface area contributed by atoms with Gasteiger partial charge in [0.1, 0.15) is 0 Å². The van der Waals surface area contributed by atoms with Crippen molar-refractivity contribution in [2.24, 2.45) is 11.8 Å². The quantitative estimate of drug-likeness (QED) is 0.793. The maximum Gasteiger partial charge on any atom is 0.225 e. The molecule has 2 fully saturated rings. The van der Waals surface area contributed by atoms with Crippen molar-refractivity contribution < 1.29 is 9.59 Å². The number of nitrogens with zero attached hydrogens (tertiary/aromatic N) is 1. The van der Waals surface area contributed by atoms with Crippen LogP contribution >= 0.6 is 0 Å². The Labute approximate surface area is 128 Å². The molecule has 1 atom stereocenters. The molecule has 1 N–H and O–H groups in total. The Morgan fingerprint density at radius 1 is 1.24 bits per heavy atom.